The smallest absolute Gasteiger partial charge is 0.343 e. The Bertz CT molecular complexity index is 1390. The fourth-order valence-corrected chi connectivity index (χ4v) is 4.79. The van der Waals surface area contributed by atoms with Crippen LogP contribution in [0.3, 0.4) is 0 Å². The van der Waals surface area contributed by atoms with E-state index in [0.29, 0.717) is 28.2 Å². The summed E-state index contributed by atoms with van der Waals surface area (Å²) in [4.78, 5) is 15.2. The van der Waals surface area contributed by atoms with Crippen molar-refractivity contribution in [1.82, 2.24) is 0 Å². The van der Waals surface area contributed by atoms with E-state index in [0.717, 1.165) is 49.7 Å². The molecule has 32 heavy (non-hydrogen) atoms. The Labute approximate surface area is 185 Å². The molecule has 3 aliphatic rings. The first-order valence-electron chi connectivity index (χ1n) is 10.8. The summed E-state index contributed by atoms with van der Waals surface area (Å²) in [7, 11) is 0. The number of hydrogen-bond donors (Lipinski definition) is 0. The van der Waals surface area contributed by atoms with Crippen molar-refractivity contribution < 1.29 is 9.15 Å². The number of allylic oxidation sites excluding steroid dienone is 6. The van der Waals surface area contributed by atoms with Crippen molar-refractivity contribution in [1.29, 1.82) is 10.5 Å². The van der Waals surface area contributed by atoms with Crippen LogP contribution in [0.4, 0.5) is 5.69 Å². The number of anilines is 1. The van der Waals surface area contributed by atoms with Crippen molar-refractivity contribution in [2.75, 3.05) is 18.0 Å². The van der Waals surface area contributed by atoms with Crippen LogP contribution in [0.15, 0.2) is 62.2 Å². The molecule has 0 radical (unpaired) electrons. The first kappa shape index (κ1) is 19.9. The Balaban J connectivity index is 1.56. The van der Waals surface area contributed by atoms with Gasteiger partial charge in [0.25, 0.3) is 0 Å². The van der Waals surface area contributed by atoms with Gasteiger partial charge in [-0.2, -0.15) is 10.5 Å². The molecule has 0 aliphatic carbocycles. The largest absolute Gasteiger partial charge is 0.462 e. The lowest BCUT2D eigenvalue weighted by atomic mass is 9.90. The summed E-state index contributed by atoms with van der Waals surface area (Å²) in [5.74, 6) is 1.00. The predicted octanol–water partition coefficient (Wildman–Crippen LogP) is 4.67. The SMILES string of the molecule is CC1=CC(=C(C#N)C#N)C=C(/C=C/c2cc3cc4c5c(c3oc2=O)CCCN5CCC4)O1. The highest BCUT2D eigenvalue weighted by atomic mass is 16.5. The first-order valence-corrected chi connectivity index (χ1v) is 10.8. The van der Waals surface area contributed by atoms with Crippen molar-refractivity contribution in [2.24, 2.45) is 0 Å². The third-order valence-corrected chi connectivity index (χ3v) is 6.12. The van der Waals surface area contributed by atoms with Crippen LogP contribution in [0, 0.1) is 22.7 Å². The van der Waals surface area contributed by atoms with Crippen LogP contribution in [0.25, 0.3) is 17.0 Å². The maximum atomic E-state index is 12.8. The van der Waals surface area contributed by atoms with Gasteiger partial charge in [0.05, 0.1) is 5.56 Å². The van der Waals surface area contributed by atoms with E-state index < -0.39 is 5.63 Å². The average Bonchev–Trinajstić information content (AvgIpc) is 2.79. The minimum atomic E-state index is -0.396. The van der Waals surface area contributed by atoms with Crippen LogP contribution in [0.2, 0.25) is 0 Å². The first-order chi connectivity index (χ1) is 15.6. The van der Waals surface area contributed by atoms with Crippen molar-refractivity contribution in [3.05, 3.63) is 80.1 Å². The summed E-state index contributed by atoms with van der Waals surface area (Å²) in [6.07, 6.45) is 10.7. The van der Waals surface area contributed by atoms with Gasteiger partial charge in [0.15, 0.2) is 0 Å². The van der Waals surface area contributed by atoms with Gasteiger partial charge in [0, 0.05) is 35.3 Å². The zero-order chi connectivity index (χ0) is 22.2. The molecular weight excluding hydrogens is 402 g/mol. The van der Waals surface area contributed by atoms with E-state index in [1.54, 1.807) is 31.2 Å². The van der Waals surface area contributed by atoms with E-state index in [1.807, 2.05) is 18.2 Å². The monoisotopic (exact) mass is 423 g/mol. The molecule has 4 heterocycles. The fourth-order valence-electron chi connectivity index (χ4n) is 4.79. The number of fused-ring (bicyclic) bond motifs is 2. The molecule has 1 aromatic carbocycles. The normalized spacial score (nSPS) is 17.2. The van der Waals surface area contributed by atoms with Gasteiger partial charge in [0.1, 0.15) is 34.8 Å². The predicted molar refractivity (Wildman–Crippen MR) is 122 cm³/mol. The highest BCUT2D eigenvalue weighted by molar-refractivity contribution is 5.89. The van der Waals surface area contributed by atoms with Gasteiger partial charge in [-0.3, -0.25) is 0 Å². The molecule has 6 nitrogen and oxygen atoms in total. The molecule has 6 heteroatoms. The quantitative estimate of drug-likeness (QED) is 0.515. The van der Waals surface area contributed by atoms with Crippen LogP contribution in [-0.2, 0) is 17.6 Å². The van der Waals surface area contributed by atoms with Gasteiger partial charge in [-0.25, -0.2) is 4.79 Å². The van der Waals surface area contributed by atoms with Crippen molar-refractivity contribution in [3.63, 3.8) is 0 Å². The number of rotatable bonds is 2. The van der Waals surface area contributed by atoms with Crippen LogP contribution in [0.5, 0.6) is 0 Å². The van der Waals surface area contributed by atoms with Crippen molar-refractivity contribution >= 4 is 22.7 Å². The minimum absolute atomic E-state index is 0.0107. The molecule has 0 fully saturated rings. The molecule has 2 aromatic rings. The zero-order valence-electron chi connectivity index (χ0n) is 17.8. The second kappa shape index (κ2) is 7.90. The van der Waals surface area contributed by atoms with Crippen LogP contribution >= 0.6 is 0 Å². The second-order valence-corrected chi connectivity index (χ2v) is 8.26. The molecule has 3 aliphatic heterocycles. The van der Waals surface area contributed by atoms with Gasteiger partial charge in [0.2, 0.25) is 0 Å². The summed E-state index contributed by atoms with van der Waals surface area (Å²) in [5, 5.41) is 19.2. The maximum Gasteiger partial charge on any atom is 0.343 e. The van der Waals surface area contributed by atoms with E-state index >= 15 is 0 Å². The molecule has 5 rings (SSSR count). The summed E-state index contributed by atoms with van der Waals surface area (Å²) in [5.41, 5.74) is 4.98. The van der Waals surface area contributed by atoms with Gasteiger partial charge >= 0.3 is 5.63 Å². The Morgan fingerprint density at radius 2 is 1.88 bits per heavy atom. The third kappa shape index (κ3) is 3.40. The number of ether oxygens (including phenoxy) is 1. The Morgan fingerprint density at radius 1 is 1.09 bits per heavy atom. The van der Waals surface area contributed by atoms with Crippen molar-refractivity contribution in [2.45, 2.75) is 32.6 Å². The molecule has 0 saturated carbocycles. The number of benzene rings is 1. The zero-order valence-corrected chi connectivity index (χ0v) is 17.8. The molecule has 0 atom stereocenters. The van der Waals surface area contributed by atoms with E-state index in [4.69, 9.17) is 19.7 Å². The Hall–Kier alpha value is -4.03. The van der Waals surface area contributed by atoms with E-state index in [-0.39, 0.29) is 5.57 Å². The summed E-state index contributed by atoms with van der Waals surface area (Å²) in [6, 6.07) is 7.81. The lowest BCUT2D eigenvalue weighted by Crippen LogP contribution is -2.34. The molecule has 1 aromatic heterocycles. The highest BCUT2D eigenvalue weighted by Crippen LogP contribution is 2.39. The minimum Gasteiger partial charge on any atom is -0.462 e. The van der Waals surface area contributed by atoms with Crippen LogP contribution < -0.4 is 10.5 Å². The third-order valence-electron chi connectivity index (χ3n) is 6.12. The van der Waals surface area contributed by atoms with E-state index in [2.05, 4.69) is 11.0 Å². The van der Waals surface area contributed by atoms with Crippen LogP contribution in [0.1, 0.15) is 36.5 Å². The second-order valence-electron chi connectivity index (χ2n) is 8.26. The molecule has 158 valence electrons. The molecular formula is C26H21N3O3. The topological polar surface area (TPSA) is 90.3 Å². The number of aryl methyl sites for hydroxylation is 2. The Morgan fingerprint density at radius 3 is 2.66 bits per heavy atom. The molecule has 0 amide bonds. The molecule has 0 bridgehead atoms. The van der Waals surface area contributed by atoms with Gasteiger partial charge < -0.3 is 14.1 Å². The molecule has 0 spiro atoms. The number of hydrogen-bond acceptors (Lipinski definition) is 6. The number of nitriles is 2. The standard InChI is InChI=1S/C26H21N3O3/c1-16-10-19(21(14-27)15-28)13-22(31-16)7-6-18-12-20-11-17-4-2-8-29-9-3-5-23(24(17)29)25(20)32-26(18)30/h6-7,10-13H,2-5,8-9H2,1H3/b7-6+. The lowest BCUT2D eigenvalue weighted by Gasteiger charge is -2.37. The Kier molecular flexibility index (Phi) is 4.92. The maximum absolute atomic E-state index is 12.8. The average molecular weight is 423 g/mol. The van der Waals surface area contributed by atoms with Crippen molar-refractivity contribution in [3.8, 4) is 12.1 Å². The highest BCUT2D eigenvalue weighted by Gasteiger charge is 2.27. The van der Waals surface area contributed by atoms with Gasteiger partial charge in [-0.1, -0.05) is 0 Å². The fraction of sp³-hybridized carbons (Fsp3) is 0.269. The molecule has 0 N–H and O–H groups in total. The lowest BCUT2D eigenvalue weighted by molar-refractivity contribution is 0.318. The van der Waals surface area contributed by atoms with Gasteiger partial charge in [-0.05, 0) is 74.6 Å². The summed E-state index contributed by atoms with van der Waals surface area (Å²) in [6.45, 7) is 3.88. The summed E-state index contributed by atoms with van der Waals surface area (Å²) >= 11 is 0. The van der Waals surface area contributed by atoms with E-state index in [9.17, 15) is 4.79 Å². The van der Waals surface area contributed by atoms with Gasteiger partial charge in [-0.15, -0.1) is 0 Å². The van der Waals surface area contributed by atoms with E-state index in [1.165, 1.54) is 11.3 Å². The number of nitrogens with zero attached hydrogens (tertiary/aromatic N) is 3. The summed E-state index contributed by atoms with van der Waals surface area (Å²) < 4.78 is 11.5. The van der Waals surface area contributed by atoms with Crippen LogP contribution in [-0.4, -0.2) is 13.1 Å². The molecule has 0 saturated heterocycles. The molecule has 0 unspecified atom stereocenters.